The average molecular weight is 346 g/mol. The molecule has 0 fully saturated rings. The van der Waals surface area contributed by atoms with Gasteiger partial charge in [-0.05, 0) is 30.5 Å². The minimum absolute atomic E-state index is 1.03. The molecule has 0 atom stereocenters. The molecule has 0 heterocycles. The quantitative estimate of drug-likeness (QED) is 0.443. The van der Waals surface area contributed by atoms with Crippen LogP contribution in [0.4, 0.5) is 0 Å². The predicted octanol–water partition coefficient (Wildman–Crippen LogP) is 5.25. The van der Waals surface area contributed by atoms with Gasteiger partial charge >= 0.3 is 0 Å². The van der Waals surface area contributed by atoms with Gasteiger partial charge in [-0.25, -0.2) is 0 Å². The molecule has 0 bridgehead atoms. The number of alkyl halides is 1. The summed E-state index contributed by atoms with van der Waals surface area (Å²) in [5, 5.41) is 1.12. The smallest absolute Gasteiger partial charge is 0.0237 e. The minimum Gasteiger partial charge on any atom is -0.295 e. The van der Waals surface area contributed by atoms with E-state index in [0.29, 0.717) is 0 Å². The lowest BCUT2D eigenvalue weighted by Crippen LogP contribution is -2.24. The number of benzene rings is 2. The summed E-state index contributed by atoms with van der Waals surface area (Å²) in [6.45, 7) is 3.23. The third-order valence-corrected chi connectivity index (χ3v) is 4.17. The van der Waals surface area contributed by atoms with Crippen molar-refractivity contribution in [3.05, 3.63) is 71.8 Å². The van der Waals surface area contributed by atoms with Gasteiger partial charge in [0.05, 0.1) is 0 Å². The molecule has 21 heavy (non-hydrogen) atoms. The lowest BCUT2D eigenvalue weighted by atomic mass is 10.1. The molecule has 1 nitrogen and oxygen atoms in total. The summed E-state index contributed by atoms with van der Waals surface area (Å²) >= 11 is 3.51. The van der Waals surface area contributed by atoms with Crippen LogP contribution in [0.15, 0.2) is 60.7 Å². The van der Waals surface area contributed by atoms with Gasteiger partial charge in [0.25, 0.3) is 0 Å². The van der Waals surface area contributed by atoms with Crippen LogP contribution in [0.3, 0.4) is 0 Å². The summed E-state index contributed by atoms with van der Waals surface area (Å²) in [6.07, 6.45) is 3.83. The van der Waals surface area contributed by atoms with Crippen molar-refractivity contribution in [3.63, 3.8) is 0 Å². The van der Waals surface area contributed by atoms with E-state index in [-0.39, 0.29) is 0 Å². The standard InChI is InChI=1S/C19H24BrN/c20-14-8-3-9-15-21(16-18-10-4-1-5-11-18)17-19-12-6-2-7-13-19/h1-2,4-7,10-13H,3,8-9,14-17H2. The topological polar surface area (TPSA) is 3.24 Å². The highest BCUT2D eigenvalue weighted by atomic mass is 79.9. The molecule has 0 aliphatic carbocycles. The van der Waals surface area contributed by atoms with Gasteiger partial charge in [-0.3, -0.25) is 4.90 Å². The highest BCUT2D eigenvalue weighted by molar-refractivity contribution is 9.09. The van der Waals surface area contributed by atoms with E-state index < -0.39 is 0 Å². The van der Waals surface area contributed by atoms with Gasteiger partial charge in [-0.15, -0.1) is 0 Å². The molecule has 0 saturated carbocycles. The number of hydrogen-bond acceptors (Lipinski definition) is 1. The molecule has 0 aliphatic heterocycles. The Hall–Kier alpha value is -1.12. The Kier molecular flexibility index (Phi) is 7.55. The van der Waals surface area contributed by atoms with Crippen LogP contribution in [-0.2, 0) is 13.1 Å². The summed E-state index contributed by atoms with van der Waals surface area (Å²) < 4.78 is 0. The van der Waals surface area contributed by atoms with Gasteiger partial charge in [0.2, 0.25) is 0 Å². The van der Waals surface area contributed by atoms with Crippen LogP contribution in [-0.4, -0.2) is 16.8 Å². The van der Waals surface area contributed by atoms with E-state index >= 15 is 0 Å². The van der Waals surface area contributed by atoms with Gasteiger partial charge in [0, 0.05) is 18.4 Å². The molecule has 0 aliphatic rings. The Morgan fingerprint density at radius 3 is 1.67 bits per heavy atom. The molecular formula is C19H24BrN. The van der Waals surface area contributed by atoms with Gasteiger partial charge in [0.15, 0.2) is 0 Å². The van der Waals surface area contributed by atoms with Crippen molar-refractivity contribution in [2.24, 2.45) is 0 Å². The maximum Gasteiger partial charge on any atom is 0.0237 e. The van der Waals surface area contributed by atoms with E-state index in [2.05, 4.69) is 81.5 Å². The Labute approximate surface area is 137 Å². The van der Waals surface area contributed by atoms with Crippen molar-refractivity contribution >= 4 is 15.9 Å². The maximum atomic E-state index is 3.51. The molecular weight excluding hydrogens is 322 g/mol. The number of unbranched alkanes of at least 4 members (excludes halogenated alkanes) is 2. The van der Waals surface area contributed by atoms with Crippen molar-refractivity contribution < 1.29 is 0 Å². The second-order valence-electron chi connectivity index (χ2n) is 5.43. The maximum absolute atomic E-state index is 3.51. The number of hydrogen-bond donors (Lipinski definition) is 0. The largest absolute Gasteiger partial charge is 0.295 e. The first-order valence-corrected chi connectivity index (χ1v) is 8.87. The van der Waals surface area contributed by atoms with Gasteiger partial charge < -0.3 is 0 Å². The molecule has 2 aromatic carbocycles. The van der Waals surface area contributed by atoms with E-state index in [1.807, 2.05) is 0 Å². The normalized spacial score (nSPS) is 11.0. The fourth-order valence-corrected chi connectivity index (χ4v) is 2.90. The van der Waals surface area contributed by atoms with Crippen molar-refractivity contribution in [1.82, 2.24) is 4.90 Å². The second-order valence-corrected chi connectivity index (χ2v) is 6.22. The molecule has 2 heteroatoms. The molecule has 2 aromatic rings. The minimum atomic E-state index is 1.03. The Morgan fingerprint density at radius 1 is 0.667 bits per heavy atom. The Balaban J connectivity index is 1.93. The lowest BCUT2D eigenvalue weighted by molar-refractivity contribution is 0.251. The van der Waals surface area contributed by atoms with E-state index in [4.69, 9.17) is 0 Å². The monoisotopic (exact) mass is 345 g/mol. The van der Waals surface area contributed by atoms with E-state index in [0.717, 1.165) is 25.0 Å². The molecule has 2 rings (SSSR count). The zero-order valence-electron chi connectivity index (χ0n) is 12.5. The van der Waals surface area contributed by atoms with Gasteiger partial charge in [-0.2, -0.15) is 0 Å². The summed E-state index contributed by atoms with van der Waals surface area (Å²) in [4.78, 5) is 2.55. The Morgan fingerprint density at radius 2 is 1.19 bits per heavy atom. The first kappa shape index (κ1) is 16.3. The second kappa shape index (κ2) is 9.75. The van der Waals surface area contributed by atoms with Crippen molar-refractivity contribution in [1.29, 1.82) is 0 Å². The van der Waals surface area contributed by atoms with Crippen LogP contribution < -0.4 is 0 Å². The first-order chi connectivity index (χ1) is 10.4. The van der Waals surface area contributed by atoms with E-state index in [1.54, 1.807) is 0 Å². The van der Waals surface area contributed by atoms with E-state index in [9.17, 15) is 0 Å². The highest BCUT2D eigenvalue weighted by Crippen LogP contribution is 2.11. The summed E-state index contributed by atoms with van der Waals surface area (Å²) in [5.41, 5.74) is 2.79. The first-order valence-electron chi connectivity index (χ1n) is 7.74. The SMILES string of the molecule is BrCCCCCN(Cc1ccccc1)Cc1ccccc1. The zero-order chi connectivity index (χ0) is 14.8. The average Bonchev–Trinajstić information content (AvgIpc) is 2.53. The van der Waals surface area contributed by atoms with Crippen LogP contribution >= 0.6 is 15.9 Å². The number of nitrogens with zero attached hydrogens (tertiary/aromatic N) is 1. The van der Waals surface area contributed by atoms with Crippen LogP contribution in [0.5, 0.6) is 0 Å². The molecule has 0 amide bonds. The fourth-order valence-electron chi connectivity index (χ4n) is 2.50. The molecule has 0 spiro atoms. The summed E-state index contributed by atoms with van der Waals surface area (Å²) in [7, 11) is 0. The zero-order valence-corrected chi connectivity index (χ0v) is 14.1. The van der Waals surface area contributed by atoms with Crippen LogP contribution in [0.25, 0.3) is 0 Å². The fraction of sp³-hybridized carbons (Fsp3) is 0.368. The third-order valence-electron chi connectivity index (χ3n) is 3.61. The number of halogens is 1. The Bertz CT molecular complexity index is 442. The highest BCUT2D eigenvalue weighted by Gasteiger charge is 2.06. The molecule has 0 unspecified atom stereocenters. The predicted molar refractivity (Wildman–Crippen MR) is 94.6 cm³/mol. The summed E-state index contributed by atoms with van der Waals surface area (Å²) in [5.74, 6) is 0. The molecule has 0 aromatic heterocycles. The van der Waals surface area contributed by atoms with Crippen LogP contribution in [0.1, 0.15) is 30.4 Å². The van der Waals surface area contributed by atoms with Crippen molar-refractivity contribution in [3.8, 4) is 0 Å². The molecule has 112 valence electrons. The molecule has 0 radical (unpaired) electrons. The lowest BCUT2D eigenvalue weighted by Gasteiger charge is -2.22. The van der Waals surface area contributed by atoms with Crippen LogP contribution in [0, 0.1) is 0 Å². The van der Waals surface area contributed by atoms with Crippen molar-refractivity contribution in [2.45, 2.75) is 32.4 Å². The number of rotatable bonds is 9. The van der Waals surface area contributed by atoms with Gasteiger partial charge in [0.1, 0.15) is 0 Å². The van der Waals surface area contributed by atoms with E-state index in [1.165, 1.54) is 30.4 Å². The summed E-state index contributed by atoms with van der Waals surface area (Å²) in [6, 6.07) is 21.5. The van der Waals surface area contributed by atoms with Crippen molar-refractivity contribution in [2.75, 3.05) is 11.9 Å². The molecule has 0 N–H and O–H groups in total. The van der Waals surface area contributed by atoms with Gasteiger partial charge in [-0.1, -0.05) is 83.0 Å². The third kappa shape index (κ3) is 6.45. The van der Waals surface area contributed by atoms with Crippen LogP contribution in [0.2, 0.25) is 0 Å². The molecule has 0 saturated heterocycles.